The highest BCUT2D eigenvalue weighted by Crippen LogP contribution is 2.26. The average Bonchev–Trinajstić information content (AvgIpc) is 2.56. The van der Waals surface area contributed by atoms with Crippen LogP contribution in [0.25, 0.3) is 0 Å². The minimum Gasteiger partial charge on any atom is -0.465 e. The maximum absolute atomic E-state index is 12.4. The summed E-state index contributed by atoms with van der Waals surface area (Å²) in [6.45, 7) is -3.06. The number of ether oxygens (including phenoxy) is 2. The van der Waals surface area contributed by atoms with Gasteiger partial charge in [0, 0.05) is 0 Å². The molecule has 1 N–H and O–H groups in total. The lowest BCUT2D eigenvalue weighted by atomic mass is 10.1. The van der Waals surface area contributed by atoms with Crippen LogP contribution in [-0.2, 0) is 4.74 Å². The van der Waals surface area contributed by atoms with Crippen molar-refractivity contribution in [2.45, 2.75) is 6.61 Å². The number of para-hydroxylation sites is 1. The Bertz CT molecular complexity index is 767. The van der Waals surface area contributed by atoms with Crippen LogP contribution in [0, 0.1) is 0 Å². The summed E-state index contributed by atoms with van der Waals surface area (Å²) >= 11 is 5.98. The number of halogens is 3. The summed E-state index contributed by atoms with van der Waals surface area (Å²) in [6, 6.07) is 9.68. The fourth-order valence-corrected chi connectivity index (χ4v) is 2.07. The zero-order valence-corrected chi connectivity index (χ0v) is 13.1. The average molecular weight is 356 g/mol. The third-order valence-corrected chi connectivity index (χ3v) is 3.31. The van der Waals surface area contributed by atoms with Gasteiger partial charge in [-0.25, -0.2) is 4.79 Å². The molecule has 0 radical (unpaired) electrons. The van der Waals surface area contributed by atoms with Gasteiger partial charge < -0.3 is 14.8 Å². The van der Waals surface area contributed by atoms with E-state index in [-0.39, 0.29) is 27.6 Å². The van der Waals surface area contributed by atoms with Crippen LogP contribution in [0.5, 0.6) is 5.75 Å². The Hall–Kier alpha value is -2.67. The second-order valence-electron chi connectivity index (χ2n) is 4.51. The highest BCUT2D eigenvalue weighted by atomic mass is 35.5. The molecule has 0 aromatic heterocycles. The van der Waals surface area contributed by atoms with Gasteiger partial charge in [0.25, 0.3) is 5.91 Å². The summed E-state index contributed by atoms with van der Waals surface area (Å²) in [7, 11) is 1.22. The van der Waals surface area contributed by atoms with Crippen molar-refractivity contribution in [2.75, 3.05) is 12.4 Å². The van der Waals surface area contributed by atoms with Crippen molar-refractivity contribution >= 4 is 29.2 Å². The molecule has 0 atom stereocenters. The molecule has 2 aromatic rings. The van der Waals surface area contributed by atoms with Crippen LogP contribution >= 0.6 is 11.6 Å². The van der Waals surface area contributed by atoms with E-state index in [2.05, 4.69) is 14.8 Å². The highest BCUT2D eigenvalue weighted by molar-refractivity contribution is 6.34. The monoisotopic (exact) mass is 355 g/mol. The molecule has 0 saturated heterocycles. The molecule has 0 bridgehead atoms. The lowest BCUT2D eigenvalue weighted by Gasteiger charge is -2.12. The van der Waals surface area contributed by atoms with E-state index in [1.807, 2.05) is 0 Å². The smallest absolute Gasteiger partial charge is 0.387 e. The Balaban J connectivity index is 2.29. The van der Waals surface area contributed by atoms with Crippen molar-refractivity contribution in [3.63, 3.8) is 0 Å². The molecule has 126 valence electrons. The van der Waals surface area contributed by atoms with Gasteiger partial charge in [-0.15, -0.1) is 0 Å². The van der Waals surface area contributed by atoms with E-state index in [0.29, 0.717) is 0 Å². The van der Waals surface area contributed by atoms with Gasteiger partial charge in [0.1, 0.15) is 5.75 Å². The molecule has 1 amide bonds. The molecule has 24 heavy (non-hydrogen) atoms. The van der Waals surface area contributed by atoms with Crippen molar-refractivity contribution in [1.29, 1.82) is 0 Å². The molecular weight excluding hydrogens is 344 g/mol. The van der Waals surface area contributed by atoms with E-state index in [1.54, 1.807) is 0 Å². The normalized spacial score (nSPS) is 10.4. The fraction of sp³-hybridized carbons (Fsp3) is 0.125. The second kappa shape index (κ2) is 7.74. The molecule has 2 aromatic carbocycles. The first-order chi connectivity index (χ1) is 11.4. The largest absolute Gasteiger partial charge is 0.465 e. The lowest BCUT2D eigenvalue weighted by Crippen LogP contribution is -2.15. The summed E-state index contributed by atoms with van der Waals surface area (Å²) in [5.41, 5.74) is 0.211. The van der Waals surface area contributed by atoms with E-state index in [0.717, 1.165) is 0 Å². The summed E-state index contributed by atoms with van der Waals surface area (Å²) in [5, 5.41) is 2.63. The van der Waals surface area contributed by atoms with Crippen LogP contribution in [0.4, 0.5) is 14.5 Å². The topological polar surface area (TPSA) is 64.6 Å². The van der Waals surface area contributed by atoms with Crippen LogP contribution in [0.2, 0.25) is 5.02 Å². The van der Waals surface area contributed by atoms with E-state index in [9.17, 15) is 18.4 Å². The number of hydrogen-bond donors (Lipinski definition) is 1. The van der Waals surface area contributed by atoms with Gasteiger partial charge in [-0.2, -0.15) is 8.78 Å². The predicted octanol–water partition coefficient (Wildman–Crippen LogP) is 3.98. The Kier molecular flexibility index (Phi) is 5.70. The van der Waals surface area contributed by atoms with Crippen molar-refractivity contribution in [2.24, 2.45) is 0 Å². The van der Waals surface area contributed by atoms with E-state index >= 15 is 0 Å². The molecule has 0 fully saturated rings. The summed E-state index contributed by atoms with van der Waals surface area (Å²) in [4.78, 5) is 23.8. The zero-order chi connectivity index (χ0) is 17.7. The Morgan fingerprint density at radius 3 is 2.54 bits per heavy atom. The van der Waals surface area contributed by atoms with E-state index in [1.165, 1.54) is 49.6 Å². The third kappa shape index (κ3) is 4.20. The molecule has 0 aliphatic rings. The standard InChI is InChI=1S/C16H12ClF2NO4/c1-23-15(22)9-6-7-11(17)12(8-9)20-14(21)10-4-2-3-5-13(10)24-16(18)19/h2-8,16H,1H3,(H,20,21). The maximum Gasteiger partial charge on any atom is 0.387 e. The SMILES string of the molecule is COC(=O)c1ccc(Cl)c(NC(=O)c2ccccc2OC(F)F)c1. The predicted molar refractivity (Wildman–Crippen MR) is 83.8 cm³/mol. The van der Waals surface area contributed by atoms with Gasteiger partial charge in [-0.1, -0.05) is 23.7 Å². The van der Waals surface area contributed by atoms with E-state index in [4.69, 9.17) is 11.6 Å². The molecule has 0 saturated carbocycles. The van der Waals surface area contributed by atoms with Crippen molar-refractivity contribution in [3.05, 3.63) is 58.6 Å². The van der Waals surface area contributed by atoms with Gasteiger partial charge in [-0.3, -0.25) is 4.79 Å². The molecule has 0 spiro atoms. The number of methoxy groups -OCH3 is 1. The fourth-order valence-electron chi connectivity index (χ4n) is 1.91. The Morgan fingerprint density at radius 1 is 1.17 bits per heavy atom. The maximum atomic E-state index is 12.4. The number of anilines is 1. The zero-order valence-electron chi connectivity index (χ0n) is 12.4. The third-order valence-electron chi connectivity index (χ3n) is 2.98. The lowest BCUT2D eigenvalue weighted by molar-refractivity contribution is -0.0501. The summed E-state index contributed by atoms with van der Waals surface area (Å²) < 4.78 is 33.7. The number of alkyl halides is 2. The molecule has 0 aliphatic carbocycles. The van der Waals surface area contributed by atoms with Gasteiger partial charge in [0.2, 0.25) is 0 Å². The van der Waals surface area contributed by atoms with Crippen molar-refractivity contribution in [1.82, 2.24) is 0 Å². The number of amides is 1. The number of rotatable bonds is 5. The number of benzene rings is 2. The molecule has 0 heterocycles. The molecule has 0 unspecified atom stereocenters. The van der Waals surface area contributed by atoms with Gasteiger partial charge in [0.15, 0.2) is 0 Å². The highest BCUT2D eigenvalue weighted by Gasteiger charge is 2.17. The Morgan fingerprint density at radius 2 is 1.88 bits per heavy atom. The van der Waals surface area contributed by atoms with Crippen LogP contribution < -0.4 is 10.1 Å². The minimum atomic E-state index is -3.06. The molecular formula is C16H12ClF2NO4. The second-order valence-corrected chi connectivity index (χ2v) is 4.92. The van der Waals surface area contributed by atoms with Crippen molar-refractivity contribution in [3.8, 4) is 5.75 Å². The molecule has 8 heteroatoms. The van der Waals surface area contributed by atoms with Crippen LogP contribution in [0.15, 0.2) is 42.5 Å². The van der Waals surface area contributed by atoms with Gasteiger partial charge in [-0.05, 0) is 30.3 Å². The number of carbonyl (C=O) groups is 2. The number of carbonyl (C=O) groups excluding carboxylic acids is 2. The quantitative estimate of drug-likeness (QED) is 0.824. The first-order valence-corrected chi connectivity index (χ1v) is 7.03. The first-order valence-electron chi connectivity index (χ1n) is 6.65. The van der Waals surface area contributed by atoms with Crippen LogP contribution in [0.1, 0.15) is 20.7 Å². The van der Waals surface area contributed by atoms with Gasteiger partial charge in [0.05, 0.1) is 28.9 Å². The first kappa shape index (κ1) is 17.7. The molecule has 5 nitrogen and oxygen atoms in total. The van der Waals surface area contributed by atoms with E-state index < -0.39 is 18.5 Å². The summed E-state index contributed by atoms with van der Waals surface area (Å²) in [6.07, 6.45) is 0. The van der Waals surface area contributed by atoms with Crippen LogP contribution in [-0.4, -0.2) is 25.6 Å². The number of esters is 1. The van der Waals surface area contributed by atoms with Gasteiger partial charge >= 0.3 is 12.6 Å². The minimum absolute atomic E-state index is 0.0997. The number of nitrogens with one attached hydrogen (secondary N) is 1. The number of hydrogen-bond acceptors (Lipinski definition) is 4. The molecule has 0 aliphatic heterocycles. The summed E-state index contributed by atoms with van der Waals surface area (Å²) in [5.74, 6) is -1.59. The molecule has 2 rings (SSSR count). The van der Waals surface area contributed by atoms with Crippen molar-refractivity contribution < 1.29 is 27.8 Å². The van der Waals surface area contributed by atoms with Crippen LogP contribution in [0.3, 0.4) is 0 Å². The Labute approximate surface area is 141 Å².